The normalized spacial score (nSPS) is 10.6. The van der Waals surface area contributed by atoms with E-state index < -0.39 is 0 Å². The van der Waals surface area contributed by atoms with Crippen molar-refractivity contribution in [2.24, 2.45) is 5.10 Å². The van der Waals surface area contributed by atoms with Gasteiger partial charge in [-0.15, -0.1) is 0 Å². The second-order valence-corrected chi connectivity index (χ2v) is 6.10. The lowest BCUT2D eigenvalue weighted by molar-refractivity contribution is -0.124. The number of hydrogen-bond donors (Lipinski definition) is 2. The van der Waals surface area contributed by atoms with Crippen LogP contribution in [0.3, 0.4) is 0 Å². The van der Waals surface area contributed by atoms with E-state index in [0.29, 0.717) is 16.3 Å². The summed E-state index contributed by atoms with van der Waals surface area (Å²) in [7, 11) is 0. The minimum Gasteiger partial charge on any atom is -0.325 e. The molecule has 0 aliphatic rings. The third-order valence-electron chi connectivity index (χ3n) is 3.03. The van der Waals surface area contributed by atoms with Gasteiger partial charge in [-0.05, 0) is 34.1 Å². The number of hydrazone groups is 1. The first-order valence-electron chi connectivity index (χ1n) is 7.17. The van der Waals surface area contributed by atoms with Crippen LogP contribution >= 0.6 is 27.5 Å². The third kappa shape index (κ3) is 5.79. The van der Waals surface area contributed by atoms with Crippen molar-refractivity contribution >= 4 is 51.2 Å². The zero-order chi connectivity index (χ0) is 17.4. The SMILES string of the molecule is O=C(CCC(=O)Nc1ccccc1Br)NN=Cc1ccccc1Cl. The first kappa shape index (κ1) is 18.2. The Morgan fingerprint density at radius 1 is 1.04 bits per heavy atom. The van der Waals surface area contributed by atoms with Gasteiger partial charge in [-0.25, -0.2) is 5.43 Å². The average molecular weight is 409 g/mol. The first-order chi connectivity index (χ1) is 11.6. The van der Waals surface area contributed by atoms with E-state index in [9.17, 15) is 9.59 Å². The highest BCUT2D eigenvalue weighted by molar-refractivity contribution is 9.10. The van der Waals surface area contributed by atoms with E-state index in [1.54, 1.807) is 18.2 Å². The van der Waals surface area contributed by atoms with Crippen molar-refractivity contribution in [1.82, 2.24) is 5.43 Å². The minimum absolute atomic E-state index is 0.0378. The monoisotopic (exact) mass is 407 g/mol. The van der Waals surface area contributed by atoms with Crippen LogP contribution in [0.2, 0.25) is 5.02 Å². The van der Waals surface area contributed by atoms with Gasteiger partial charge >= 0.3 is 0 Å². The molecule has 0 bridgehead atoms. The molecule has 2 rings (SSSR count). The lowest BCUT2D eigenvalue weighted by Gasteiger charge is -2.06. The largest absolute Gasteiger partial charge is 0.325 e. The Balaban J connectivity index is 1.76. The van der Waals surface area contributed by atoms with Crippen molar-refractivity contribution in [3.05, 3.63) is 63.6 Å². The van der Waals surface area contributed by atoms with Crippen LogP contribution in [0.4, 0.5) is 5.69 Å². The van der Waals surface area contributed by atoms with Gasteiger partial charge in [0, 0.05) is 27.9 Å². The molecule has 0 unspecified atom stereocenters. The number of para-hydroxylation sites is 1. The number of carbonyl (C=O) groups excluding carboxylic acids is 2. The molecular formula is C17H15BrClN3O2. The van der Waals surface area contributed by atoms with Crippen molar-refractivity contribution in [2.45, 2.75) is 12.8 Å². The highest BCUT2D eigenvalue weighted by Gasteiger charge is 2.08. The molecule has 2 amide bonds. The maximum atomic E-state index is 11.8. The molecule has 0 fully saturated rings. The Hall–Kier alpha value is -2.18. The molecule has 0 radical (unpaired) electrons. The number of nitrogens with one attached hydrogen (secondary N) is 2. The molecule has 24 heavy (non-hydrogen) atoms. The Kier molecular flexibility index (Phi) is 6.96. The topological polar surface area (TPSA) is 70.6 Å². The summed E-state index contributed by atoms with van der Waals surface area (Å²) in [6.45, 7) is 0. The van der Waals surface area contributed by atoms with Crippen molar-refractivity contribution in [3.63, 3.8) is 0 Å². The molecule has 7 heteroatoms. The lowest BCUT2D eigenvalue weighted by Crippen LogP contribution is -2.20. The van der Waals surface area contributed by atoms with Crippen LogP contribution < -0.4 is 10.7 Å². The molecule has 0 saturated carbocycles. The molecule has 0 aliphatic carbocycles. The summed E-state index contributed by atoms with van der Waals surface area (Å²) in [6, 6.07) is 14.4. The number of nitrogens with zero attached hydrogens (tertiary/aromatic N) is 1. The second-order valence-electron chi connectivity index (χ2n) is 4.84. The van der Waals surface area contributed by atoms with E-state index >= 15 is 0 Å². The number of rotatable bonds is 6. The molecule has 0 aliphatic heterocycles. The predicted octanol–water partition coefficient (Wildman–Crippen LogP) is 3.97. The van der Waals surface area contributed by atoms with Gasteiger partial charge in [-0.3, -0.25) is 9.59 Å². The van der Waals surface area contributed by atoms with E-state index in [0.717, 1.165) is 4.47 Å². The third-order valence-corrected chi connectivity index (χ3v) is 4.06. The summed E-state index contributed by atoms with van der Waals surface area (Å²) in [4.78, 5) is 23.5. The molecule has 5 nitrogen and oxygen atoms in total. The quantitative estimate of drug-likeness (QED) is 0.561. The summed E-state index contributed by atoms with van der Waals surface area (Å²) < 4.78 is 0.784. The van der Waals surface area contributed by atoms with Gasteiger partial charge in [0.25, 0.3) is 0 Å². The average Bonchev–Trinajstić information content (AvgIpc) is 2.57. The number of halogens is 2. The molecule has 2 N–H and O–H groups in total. The van der Waals surface area contributed by atoms with Crippen LogP contribution in [0.1, 0.15) is 18.4 Å². The molecule has 124 valence electrons. The molecule has 0 heterocycles. The molecule has 0 spiro atoms. The van der Waals surface area contributed by atoms with E-state index in [1.165, 1.54) is 6.21 Å². The molecule has 0 aromatic heterocycles. The standard InChI is InChI=1S/C17H15BrClN3O2/c18-13-6-2-4-8-15(13)21-16(23)9-10-17(24)22-20-11-12-5-1-3-7-14(12)19/h1-8,11H,9-10H2,(H,21,23)(H,22,24). The fraction of sp³-hybridized carbons (Fsp3) is 0.118. The van der Waals surface area contributed by atoms with Gasteiger partial charge in [0.05, 0.1) is 11.9 Å². The van der Waals surface area contributed by atoms with Gasteiger partial charge in [-0.2, -0.15) is 5.10 Å². The van der Waals surface area contributed by atoms with Gasteiger partial charge in [0.15, 0.2) is 0 Å². The first-order valence-corrected chi connectivity index (χ1v) is 8.34. The van der Waals surface area contributed by atoms with Crippen molar-refractivity contribution in [1.29, 1.82) is 0 Å². The van der Waals surface area contributed by atoms with Crippen LogP contribution in [0.15, 0.2) is 58.1 Å². The van der Waals surface area contributed by atoms with Crippen LogP contribution in [-0.2, 0) is 9.59 Å². The lowest BCUT2D eigenvalue weighted by atomic mass is 10.2. The van der Waals surface area contributed by atoms with Crippen LogP contribution in [0.5, 0.6) is 0 Å². The maximum Gasteiger partial charge on any atom is 0.240 e. The fourth-order valence-electron chi connectivity index (χ4n) is 1.81. The summed E-state index contributed by atoms with van der Waals surface area (Å²) in [5.74, 6) is -0.590. The van der Waals surface area contributed by atoms with E-state index in [4.69, 9.17) is 11.6 Å². The smallest absolute Gasteiger partial charge is 0.240 e. The summed E-state index contributed by atoms with van der Waals surface area (Å²) in [6.07, 6.45) is 1.56. The molecule has 0 saturated heterocycles. The van der Waals surface area contributed by atoms with E-state index in [-0.39, 0.29) is 24.7 Å². The van der Waals surface area contributed by atoms with Gasteiger partial charge in [-0.1, -0.05) is 41.9 Å². The van der Waals surface area contributed by atoms with Crippen molar-refractivity contribution in [2.75, 3.05) is 5.32 Å². The maximum absolute atomic E-state index is 11.8. The molecule has 2 aromatic carbocycles. The molecule has 2 aromatic rings. The number of benzene rings is 2. The highest BCUT2D eigenvalue weighted by Crippen LogP contribution is 2.21. The second kappa shape index (κ2) is 9.20. The Morgan fingerprint density at radius 3 is 2.46 bits per heavy atom. The van der Waals surface area contributed by atoms with Gasteiger partial charge in [0.2, 0.25) is 11.8 Å². The van der Waals surface area contributed by atoms with Crippen LogP contribution in [-0.4, -0.2) is 18.0 Å². The van der Waals surface area contributed by atoms with Crippen LogP contribution in [0.25, 0.3) is 0 Å². The van der Waals surface area contributed by atoms with Gasteiger partial charge in [0.1, 0.15) is 0 Å². The minimum atomic E-state index is -0.347. The number of amides is 2. The molecular weight excluding hydrogens is 394 g/mol. The van der Waals surface area contributed by atoms with Crippen molar-refractivity contribution in [3.8, 4) is 0 Å². The summed E-state index contributed by atoms with van der Waals surface area (Å²) >= 11 is 9.31. The Morgan fingerprint density at radius 2 is 1.71 bits per heavy atom. The van der Waals surface area contributed by atoms with Crippen molar-refractivity contribution < 1.29 is 9.59 Å². The summed E-state index contributed by atoms with van der Waals surface area (Å²) in [5, 5.41) is 7.11. The highest BCUT2D eigenvalue weighted by atomic mass is 79.9. The van der Waals surface area contributed by atoms with E-state index in [1.807, 2.05) is 30.3 Å². The van der Waals surface area contributed by atoms with Gasteiger partial charge < -0.3 is 5.32 Å². The number of anilines is 1. The molecule has 0 atom stereocenters. The Labute approximate surface area is 153 Å². The number of hydrogen-bond acceptors (Lipinski definition) is 3. The number of carbonyl (C=O) groups is 2. The predicted molar refractivity (Wildman–Crippen MR) is 99.2 cm³/mol. The zero-order valence-corrected chi connectivity index (χ0v) is 15.0. The Bertz CT molecular complexity index is 765. The van der Waals surface area contributed by atoms with Crippen LogP contribution in [0, 0.1) is 0 Å². The summed E-state index contributed by atoms with van der Waals surface area (Å²) in [5.41, 5.74) is 3.74. The van der Waals surface area contributed by atoms with E-state index in [2.05, 4.69) is 31.8 Å². The fourth-order valence-corrected chi connectivity index (χ4v) is 2.38. The zero-order valence-electron chi connectivity index (χ0n) is 12.6.